The predicted octanol–water partition coefficient (Wildman–Crippen LogP) is 3.56. The Morgan fingerprint density at radius 2 is 1.00 bits per heavy atom. The number of amides is 2. The van der Waals surface area contributed by atoms with Gasteiger partial charge < -0.3 is 25.3 Å². The molecule has 0 saturated carbocycles. The quantitative estimate of drug-likeness (QED) is 0.0630. The summed E-state index contributed by atoms with van der Waals surface area (Å²) in [6, 6.07) is 0. The van der Waals surface area contributed by atoms with Crippen molar-refractivity contribution >= 4 is 35.3 Å². The minimum atomic E-state index is -4.42. The van der Waals surface area contributed by atoms with E-state index >= 15 is 0 Å². The van der Waals surface area contributed by atoms with Gasteiger partial charge in [-0.15, -0.1) is 0 Å². The van der Waals surface area contributed by atoms with Gasteiger partial charge in [0.25, 0.3) is 0 Å². The van der Waals surface area contributed by atoms with Crippen molar-refractivity contribution in [3.8, 4) is 0 Å². The maximum Gasteiger partial charge on any atom is 0.472 e. The van der Waals surface area contributed by atoms with E-state index in [-0.39, 0.29) is 52.4 Å². The highest BCUT2D eigenvalue weighted by atomic mass is 31.2. The maximum absolute atomic E-state index is 12.2. The molecule has 0 spiro atoms. The molecule has 3 unspecified atom stereocenters. The minimum absolute atomic E-state index is 0.0441. The highest BCUT2D eigenvalue weighted by molar-refractivity contribution is 7.47. The second-order valence-electron chi connectivity index (χ2n) is 8.88. The third kappa shape index (κ3) is 24.4. The van der Waals surface area contributed by atoms with Gasteiger partial charge in [-0.2, -0.15) is 0 Å². The molecule has 0 bridgehead atoms. The average molecular weight is 657 g/mol. The molecule has 3 atom stereocenters. The summed E-state index contributed by atoms with van der Waals surface area (Å²) in [5.74, 6) is -0.831. The van der Waals surface area contributed by atoms with Gasteiger partial charge in [-0.25, -0.2) is 13.7 Å². The lowest BCUT2D eigenvalue weighted by Gasteiger charge is -2.21. The van der Waals surface area contributed by atoms with E-state index in [0.717, 1.165) is 20.0 Å². The van der Waals surface area contributed by atoms with Gasteiger partial charge in [0.2, 0.25) is 11.8 Å². The number of rotatable bonds is 27. The van der Waals surface area contributed by atoms with E-state index in [9.17, 15) is 38.0 Å². The number of hydrogen-bond donors (Lipinski definition) is 5. The molecular weight excluding hydrogens is 609 g/mol. The summed E-state index contributed by atoms with van der Waals surface area (Å²) in [6.45, 7) is 3.47. The molecule has 0 saturated heterocycles. The minimum Gasteiger partial charge on any atom is -0.353 e. The van der Waals surface area contributed by atoms with E-state index in [1.165, 1.54) is 0 Å². The van der Waals surface area contributed by atoms with Crippen LogP contribution in [0.25, 0.3) is 0 Å². The number of hydrogen-bond acceptors (Lipinski definition) is 11. The van der Waals surface area contributed by atoms with Crippen molar-refractivity contribution in [1.29, 1.82) is 0 Å². The number of phosphoric ester groups is 3. The van der Waals surface area contributed by atoms with Crippen LogP contribution >= 0.6 is 23.5 Å². The first kappa shape index (κ1) is 40.3. The van der Waals surface area contributed by atoms with Crippen LogP contribution in [-0.2, 0) is 50.4 Å². The van der Waals surface area contributed by atoms with Crippen LogP contribution in [0.3, 0.4) is 0 Å². The standard InChI is InChI=1S/C22H47N2O14P3/c1-4-6-14-34-40(29,30)36-16-10-8-12-21(25)23-18-20(38-39(27,28)33-3)19-24-22(26)13-9-11-17-37-41(31,32)35-15-7-5-2/h20H,4-19H2,1-3H3,(H,23,25)(H,24,26)(H,27,28)(H,29,30)(H,31,32). The van der Waals surface area contributed by atoms with Gasteiger partial charge in [-0.05, 0) is 38.5 Å². The Labute approximate surface area is 242 Å². The summed E-state index contributed by atoms with van der Waals surface area (Å²) in [5.41, 5.74) is 0. The first-order chi connectivity index (χ1) is 19.3. The number of phosphoric acid groups is 3. The van der Waals surface area contributed by atoms with E-state index in [1.807, 2.05) is 13.8 Å². The van der Waals surface area contributed by atoms with Crippen molar-refractivity contribution in [2.75, 3.05) is 46.6 Å². The lowest BCUT2D eigenvalue weighted by atomic mass is 10.2. The average Bonchev–Trinajstić information content (AvgIpc) is 2.89. The topological polar surface area (TPSA) is 225 Å². The summed E-state index contributed by atoms with van der Waals surface area (Å²) in [6.07, 6.45) is 3.15. The van der Waals surface area contributed by atoms with Crippen LogP contribution in [0.15, 0.2) is 0 Å². The van der Waals surface area contributed by atoms with E-state index < -0.39 is 41.4 Å². The van der Waals surface area contributed by atoms with Crippen molar-refractivity contribution in [1.82, 2.24) is 10.6 Å². The number of carbonyl (C=O) groups is 2. The predicted molar refractivity (Wildman–Crippen MR) is 149 cm³/mol. The third-order valence-corrected chi connectivity index (χ3v) is 8.24. The Balaban J connectivity index is 4.37. The number of carbonyl (C=O) groups excluding carboxylic acids is 2. The molecule has 0 aromatic rings. The molecule has 41 heavy (non-hydrogen) atoms. The van der Waals surface area contributed by atoms with Gasteiger partial charge in [-0.1, -0.05) is 26.7 Å². The molecule has 19 heteroatoms. The molecule has 0 aliphatic heterocycles. The normalized spacial score (nSPS) is 16.7. The molecule has 0 aliphatic carbocycles. The number of unbranched alkanes of at least 4 members (excludes halogenated alkanes) is 4. The second kappa shape index (κ2) is 22.8. The van der Waals surface area contributed by atoms with Gasteiger partial charge in [-0.3, -0.25) is 36.7 Å². The van der Waals surface area contributed by atoms with Gasteiger partial charge in [0, 0.05) is 33.0 Å². The van der Waals surface area contributed by atoms with Crippen LogP contribution in [0, 0.1) is 0 Å². The summed E-state index contributed by atoms with van der Waals surface area (Å²) in [7, 11) is -11.7. The molecule has 5 N–H and O–H groups in total. The lowest BCUT2D eigenvalue weighted by molar-refractivity contribution is -0.121. The van der Waals surface area contributed by atoms with E-state index in [1.54, 1.807) is 0 Å². The smallest absolute Gasteiger partial charge is 0.353 e. The van der Waals surface area contributed by atoms with Crippen molar-refractivity contribution in [3.63, 3.8) is 0 Å². The Bertz CT molecular complexity index is 822. The van der Waals surface area contributed by atoms with E-state index in [0.29, 0.717) is 38.5 Å². The van der Waals surface area contributed by atoms with Crippen LogP contribution in [0.4, 0.5) is 0 Å². The molecule has 0 aromatic heterocycles. The van der Waals surface area contributed by atoms with Crippen LogP contribution < -0.4 is 10.6 Å². The van der Waals surface area contributed by atoms with Crippen molar-refractivity contribution in [3.05, 3.63) is 0 Å². The Hall–Kier alpha value is -0.730. The molecule has 0 radical (unpaired) electrons. The zero-order valence-electron chi connectivity index (χ0n) is 24.1. The molecule has 244 valence electrons. The molecule has 2 amide bonds. The highest BCUT2D eigenvalue weighted by Crippen LogP contribution is 2.44. The zero-order chi connectivity index (χ0) is 31.2. The fourth-order valence-corrected chi connectivity index (χ4v) is 5.07. The Kier molecular flexibility index (Phi) is 22.4. The molecular formula is C22H47N2O14P3. The fraction of sp³-hybridized carbons (Fsp3) is 0.909. The van der Waals surface area contributed by atoms with Gasteiger partial charge >= 0.3 is 23.5 Å². The summed E-state index contributed by atoms with van der Waals surface area (Å²) in [5, 5.41) is 5.07. The monoisotopic (exact) mass is 656 g/mol. The fourth-order valence-electron chi connectivity index (χ4n) is 2.87. The summed E-state index contributed by atoms with van der Waals surface area (Å²) < 4.78 is 63.9. The Morgan fingerprint density at radius 3 is 1.34 bits per heavy atom. The van der Waals surface area contributed by atoms with Crippen LogP contribution in [0.1, 0.15) is 78.1 Å². The van der Waals surface area contributed by atoms with Crippen molar-refractivity contribution in [2.24, 2.45) is 0 Å². The largest absolute Gasteiger partial charge is 0.472 e. The summed E-state index contributed by atoms with van der Waals surface area (Å²) >= 11 is 0. The van der Waals surface area contributed by atoms with E-state index in [2.05, 4.69) is 15.2 Å². The third-order valence-electron chi connectivity index (χ3n) is 5.18. The van der Waals surface area contributed by atoms with Gasteiger partial charge in [0.05, 0.1) is 26.4 Å². The summed E-state index contributed by atoms with van der Waals surface area (Å²) in [4.78, 5) is 53.0. The second-order valence-corrected chi connectivity index (χ2v) is 13.3. The molecule has 0 heterocycles. The molecule has 0 aromatic carbocycles. The van der Waals surface area contributed by atoms with Crippen molar-refractivity contribution in [2.45, 2.75) is 84.2 Å². The first-order valence-corrected chi connectivity index (χ1v) is 18.1. The van der Waals surface area contributed by atoms with Crippen LogP contribution in [0.5, 0.6) is 0 Å². The molecule has 0 rings (SSSR count). The molecule has 0 aliphatic rings. The van der Waals surface area contributed by atoms with Crippen molar-refractivity contribution < 1.29 is 65.1 Å². The number of nitrogens with one attached hydrogen (secondary N) is 2. The molecule has 16 nitrogen and oxygen atoms in total. The maximum atomic E-state index is 12.2. The van der Waals surface area contributed by atoms with Crippen LogP contribution in [-0.4, -0.2) is 79.2 Å². The zero-order valence-corrected chi connectivity index (χ0v) is 26.7. The lowest BCUT2D eigenvalue weighted by Crippen LogP contribution is -2.41. The van der Waals surface area contributed by atoms with Crippen LogP contribution in [0.2, 0.25) is 0 Å². The van der Waals surface area contributed by atoms with E-state index in [4.69, 9.17) is 22.6 Å². The van der Waals surface area contributed by atoms with Gasteiger partial charge in [0.15, 0.2) is 0 Å². The SMILES string of the molecule is CCCCOP(=O)(O)OCCCCC(=O)NCC(CNC(=O)CCCCOP(=O)(O)OCCCC)OP(=O)(O)OC. The first-order valence-electron chi connectivity index (χ1n) is 13.6. The Morgan fingerprint density at radius 1 is 0.634 bits per heavy atom. The highest BCUT2D eigenvalue weighted by Gasteiger charge is 2.26. The molecule has 0 fully saturated rings. The van der Waals surface area contributed by atoms with Gasteiger partial charge in [0.1, 0.15) is 6.10 Å².